The normalized spacial score (nSPS) is 21.6. The van der Waals surface area contributed by atoms with E-state index in [1.807, 2.05) is 60.7 Å². The molecule has 0 bridgehead atoms. The fourth-order valence-electron chi connectivity index (χ4n) is 4.76. The lowest BCUT2D eigenvalue weighted by Gasteiger charge is -2.43. The van der Waals surface area contributed by atoms with Crippen molar-refractivity contribution in [1.29, 1.82) is 15.8 Å². The highest BCUT2D eigenvalue weighted by Gasteiger charge is 2.53. The summed E-state index contributed by atoms with van der Waals surface area (Å²) in [6, 6.07) is 23.9. The number of hydrogen-bond acceptors (Lipinski definition) is 5. The molecule has 0 unspecified atom stereocenters. The average molecular weight is 406 g/mol. The van der Waals surface area contributed by atoms with Crippen molar-refractivity contribution >= 4 is 0 Å². The second kappa shape index (κ2) is 8.39. The predicted octanol–water partition coefficient (Wildman–Crippen LogP) is 4.86. The lowest BCUT2D eigenvalue weighted by molar-refractivity contribution is 0.303. The predicted molar refractivity (Wildman–Crippen MR) is 116 cm³/mol. The molecular weight excluding hydrogens is 384 g/mol. The number of nitrogens with zero attached hydrogens (tertiary/aromatic N) is 3. The summed E-state index contributed by atoms with van der Waals surface area (Å²) in [5, 5.41) is 29.8. The molecule has 0 spiro atoms. The third-order valence-corrected chi connectivity index (χ3v) is 6.29. The Kier molecular flexibility index (Phi) is 5.48. The molecule has 0 aromatic heterocycles. The third kappa shape index (κ3) is 3.43. The Morgan fingerprint density at radius 1 is 1.00 bits per heavy atom. The third-order valence-electron chi connectivity index (χ3n) is 6.29. The number of nitriles is 3. The number of nitrogens with two attached hydrogens (primary N) is 1. The highest BCUT2D eigenvalue weighted by atomic mass is 16.5. The molecule has 0 aliphatic heterocycles. The number of ether oxygens (including phenoxy) is 1. The Labute approximate surface area is 182 Å². The molecular formula is C26H22N4O. The summed E-state index contributed by atoms with van der Waals surface area (Å²) in [6.45, 7) is 0.459. The lowest BCUT2D eigenvalue weighted by Crippen LogP contribution is -2.42. The van der Waals surface area contributed by atoms with Gasteiger partial charge in [0.25, 0.3) is 0 Å². The molecule has 2 aromatic carbocycles. The summed E-state index contributed by atoms with van der Waals surface area (Å²) in [4.78, 5) is 0. The first-order valence-corrected chi connectivity index (χ1v) is 10.3. The van der Waals surface area contributed by atoms with E-state index >= 15 is 0 Å². The van der Waals surface area contributed by atoms with E-state index < -0.39 is 11.3 Å². The first kappa shape index (κ1) is 20.3. The van der Waals surface area contributed by atoms with Gasteiger partial charge in [-0.25, -0.2) is 0 Å². The van der Waals surface area contributed by atoms with Crippen LogP contribution >= 0.6 is 0 Å². The van der Waals surface area contributed by atoms with Crippen LogP contribution in [0.5, 0.6) is 5.75 Å². The van der Waals surface area contributed by atoms with Gasteiger partial charge in [0.1, 0.15) is 18.4 Å². The molecule has 5 heteroatoms. The molecule has 0 saturated heterocycles. The molecule has 2 aromatic rings. The van der Waals surface area contributed by atoms with E-state index in [2.05, 4.69) is 18.2 Å². The van der Waals surface area contributed by atoms with Crippen LogP contribution in [0.3, 0.4) is 0 Å². The molecule has 2 atom stereocenters. The van der Waals surface area contributed by atoms with E-state index in [0.29, 0.717) is 17.9 Å². The standard InChI is InChI=1S/C26H22N4O/c27-14-23-21-8-4-5-9-22(21)24(26(16-28,17-29)25(23)30)19-10-12-20(13-11-19)31-15-18-6-2-1-3-7-18/h1-3,6-8,10-13,22,24H,4-5,9,15,30H2/t22-,24-/m0/s1. The van der Waals surface area contributed by atoms with Gasteiger partial charge in [-0.3, -0.25) is 0 Å². The van der Waals surface area contributed by atoms with Gasteiger partial charge in [0.2, 0.25) is 0 Å². The van der Waals surface area contributed by atoms with Gasteiger partial charge in [0.05, 0.1) is 23.4 Å². The second-order valence-corrected chi connectivity index (χ2v) is 7.95. The smallest absolute Gasteiger partial charge is 0.191 e. The van der Waals surface area contributed by atoms with Crippen molar-refractivity contribution < 1.29 is 4.74 Å². The molecule has 2 N–H and O–H groups in total. The molecule has 0 amide bonds. The van der Waals surface area contributed by atoms with Crippen molar-refractivity contribution in [3.8, 4) is 24.0 Å². The maximum absolute atomic E-state index is 10.1. The lowest BCUT2D eigenvalue weighted by atomic mass is 9.57. The number of allylic oxidation sites excluding steroid dienone is 4. The van der Waals surface area contributed by atoms with Crippen LogP contribution in [0, 0.1) is 45.3 Å². The Hall–Kier alpha value is -4.01. The Morgan fingerprint density at radius 2 is 1.71 bits per heavy atom. The van der Waals surface area contributed by atoms with Crippen LogP contribution in [0.25, 0.3) is 0 Å². The summed E-state index contributed by atoms with van der Waals surface area (Å²) >= 11 is 0. The average Bonchev–Trinajstić information content (AvgIpc) is 2.83. The van der Waals surface area contributed by atoms with Crippen molar-refractivity contribution in [1.82, 2.24) is 0 Å². The fourth-order valence-corrected chi connectivity index (χ4v) is 4.76. The quantitative estimate of drug-likeness (QED) is 0.780. The molecule has 0 radical (unpaired) electrons. The van der Waals surface area contributed by atoms with E-state index in [4.69, 9.17) is 10.5 Å². The van der Waals surface area contributed by atoms with Crippen molar-refractivity contribution in [2.24, 2.45) is 17.1 Å². The van der Waals surface area contributed by atoms with E-state index in [9.17, 15) is 15.8 Å². The van der Waals surface area contributed by atoms with Crippen LogP contribution < -0.4 is 10.5 Å². The topological polar surface area (TPSA) is 107 Å². The van der Waals surface area contributed by atoms with Gasteiger partial charge in [-0.1, -0.05) is 48.5 Å². The summed E-state index contributed by atoms with van der Waals surface area (Å²) < 4.78 is 5.88. The monoisotopic (exact) mass is 406 g/mol. The summed E-state index contributed by atoms with van der Waals surface area (Å²) in [5.41, 5.74) is 7.91. The summed E-state index contributed by atoms with van der Waals surface area (Å²) in [7, 11) is 0. The zero-order valence-electron chi connectivity index (χ0n) is 17.1. The van der Waals surface area contributed by atoms with Crippen LogP contribution in [0.2, 0.25) is 0 Å². The van der Waals surface area contributed by atoms with Gasteiger partial charge < -0.3 is 10.5 Å². The van der Waals surface area contributed by atoms with Crippen molar-refractivity contribution in [2.75, 3.05) is 0 Å². The summed E-state index contributed by atoms with van der Waals surface area (Å²) in [6.07, 6.45) is 4.68. The molecule has 0 fully saturated rings. The van der Waals surface area contributed by atoms with Gasteiger partial charge in [-0.05, 0) is 54.0 Å². The van der Waals surface area contributed by atoms with Gasteiger partial charge >= 0.3 is 0 Å². The van der Waals surface area contributed by atoms with E-state index in [-0.39, 0.29) is 11.6 Å². The first-order valence-electron chi connectivity index (χ1n) is 10.3. The van der Waals surface area contributed by atoms with E-state index in [1.165, 1.54) is 0 Å². The van der Waals surface area contributed by atoms with Crippen molar-refractivity contribution in [2.45, 2.75) is 31.8 Å². The van der Waals surface area contributed by atoms with Crippen LogP contribution in [0.15, 0.2) is 77.5 Å². The molecule has 2 aliphatic rings. The molecule has 152 valence electrons. The van der Waals surface area contributed by atoms with Crippen LogP contribution in [-0.4, -0.2) is 0 Å². The second-order valence-electron chi connectivity index (χ2n) is 7.95. The zero-order chi connectivity index (χ0) is 21.8. The molecule has 31 heavy (non-hydrogen) atoms. The van der Waals surface area contributed by atoms with Crippen LogP contribution in [0.1, 0.15) is 36.3 Å². The minimum Gasteiger partial charge on any atom is -0.489 e. The summed E-state index contributed by atoms with van der Waals surface area (Å²) in [5.74, 6) is 0.184. The molecule has 0 saturated carbocycles. The minimum atomic E-state index is -1.57. The highest BCUT2D eigenvalue weighted by molar-refractivity contribution is 5.59. The molecule has 2 aliphatic carbocycles. The van der Waals surface area contributed by atoms with Crippen LogP contribution in [-0.2, 0) is 6.61 Å². The van der Waals surface area contributed by atoms with Gasteiger partial charge in [-0.2, -0.15) is 15.8 Å². The Bertz CT molecular complexity index is 1140. The highest BCUT2D eigenvalue weighted by Crippen LogP contribution is 2.55. The number of benzene rings is 2. The maximum Gasteiger partial charge on any atom is 0.191 e. The molecule has 5 nitrogen and oxygen atoms in total. The number of hydrogen-bond donors (Lipinski definition) is 1. The number of rotatable bonds is 4. The Balaban J connectivity index is 1.70. The van der Waals surface area contributed by atoms with Gasteiger partial charge in [0, 0.05) is 5.92 Å². The van der Waals surface area contributed by atoms with Crippen molar-refractivity contribution in [3.05, 3.63) is 88.6 Å². The number of fused-ring (bicyclic) bond motifs is 1. The Morgan fingerprint density at radius 3 is 2.35 bits per heavy atom. The fraction of sp³-hybridized carbons (Fsp3) is 0.269. The van der Waals surface area contributed by atoms with Gasteiger partial charge in [0.15, 0.2) is 5.41 Å². The van der Waals surface area contributed by atoms with Crippen molar-refractivity contribution in [3.63, 3.8) is 0 Å². The van der Waals surface area contributed by atoms with Gasteiger partial charge in [-0.15, -0.1) is 0 Å². The minimum absolute atomic E-state index is 0.0683. The van der Waals surface area contributed by atoms with Crippen LogP contribution in [0.4, 0.5) is 0 Å². The molecule has 4 rings (SSSR count). The zero-order valence-corrected chi connectivity index (χ0v) is 17.1. The van der Waals surface area contributed by atoms with E-state index in [0.717, 1.165) is 36.0 Å². The first-order chi connectivity index (χ1) is 15.1. The largest absolute Gasteiger partial charge is 0.489 e. The SMILES string of the molecule is N#CC1=C(N)C(C#N)(C#N)[C@@H](c2ccc(OCc3ccccc3)cc2)[C@H]2CCCC=C12. The van der Waals surface area contributed by atoms with E-state index in [1.54, 1.807) is 0 Å². The molecule has 0 heterocycles. The maximum atomic E-state index is 10.1.